The zero-order valence-electron chi connectivity index (χ0n) is 15.7. The van der Waals surface area contributed by atoms with Gasteiger partial charge in [0, 0.05) is 5.56 Å². The van der Waals surface area contributed by atoms with Crippen molar-refractivity contribution in [2.24, 2.45) is 0 Å². The maximum Gasteiger partial charge on any atom is 0.300 e. The normalized spacial score (nSPS) is 18.1. The number of phenols is 1. The van der Waals surface area contributed by atoms with Crippen molar-refractivity contribution in [3.63, 3.8) is 0 Å². The summed E-state index contributed by atoms with van der Waals surface area (Å²) >= 11 is 6.15. The van der Waals surface area contributed by atoms with E-state index in [9.17, 15) is 19.8 Å². The number of para-hydroxylation sites is 2. The Bertz CT molecular complexity index is 1170. The van der Waals surface area contributed by atoms with Gasteiger partial charge in [-0.1, -0.05) is 23.7 Å². The van der Waals surface area contributed by atoms with E-state index in [1.165, 1.54) is 37.6 Å². The number of ether oxygens (including phenoxy) is 1. The molecule has 2 aromatic carbocycles. The largest absolute Gasteiger partial charge is 0.507 e. The third kappa shape index (κ3) is 3.09. The van der Waals surface area contributed by atoms with E-state index in [0.29, 0.717) is 5.75 Å². The number of aliphatic hydroxyl groups excluding tert-OH is 1. The van der Waals surface area contributed by atoms with Gasteiger partial charge < -0.3 is 19.4 Å². The zero-order valence-corrected chi connectivity index (χ0v) is 16.5. The lowest BCUT2D eigenvalue weighted by Crippen LogP contribution is -2.29. The minimum absolute atomic E-state index is 0.118. The standard InChI is InChI=1S/C22H16ClNO6/c1-29-16-9-8-12(11-13(16)23)20(26)18-19(17-7-4-10-30-17)24(22(28)21(18)27)14-5-2-3-6-15(14)25/h2-11,19,25-26H,1H3/b20-18-. The fraction of sp³-hybridized carbons (Fsp3) is 0.0909. The van der Waals surface area contributed by atoms with Crippen LogP contribution in [0.4, 0.5) is 5.69 Å². The molecule has 2 N–H and O–H groups in total. The van der Waals surface area contributed by atoms with Gasteiger partial charge in [-0.15, -0.1) is 0 Å². The summed E-state index contributed by atoms with van der Waals surface area (Å²) in [4.78, 5) is 27.0. The summed E-state index contributed by atoms with van der Waals surface area (Å²) in [6.45, 7) is 0. The number of phenolic OH excluding ortho intramolecular Hbond substituents is 1. The molecule has 1 fully saturated rings. The summed E-state index contributed by atoms with van der Waals surface area (Å²) in [5, 5.41) is 21.5. The number of hydrogen-bond donors (Lipinski definition) is 2. The van der Waals surface area contributed by atoms with Crippen LogP contribution in [0, 0.1) is 0 Å². The van der Waals surface area contributed by atoms with Crippen molar-refractivity contribution in [2.75, 3.05) is 12.0 Å². The number of rotatable bonds is 4. The summed E-state index contributed by atoms with van der Waals surface area (Å²) in [5.41, 5.74) is 0.167. The van der Waals surface area contributed by atoms with E-state index in [2.05, 4.69) is 0 Å². The lowest BCUT2D eigenvalue weighted by atomic mass is 9.99. The molecule has 7 nitrogen and oxygen atoms in total. The molecule has 8 heteroatoms. The Balaban J connectivity index is 1.93. The molecule has 0 bridgehead atoms. The average Bonchev–Trinajstić information content (AvgIpc) is 3.35. The third-order valence-electron chi connectivity index (χ3n) is 4.82. The van der Waals surface area contributed by atoms with Gasteiger partial charge in [0.25, 0.3) is 11.7 Å². The quantitative estimate of drug-likeness (QED) is 0.368. The summed E-state index contributed by atoms with van der Waals surface area (Å²) in [7, 11) is 1.45. The minimum Gasteiger partial charge on any atom is -0.507 e. The van der Waals surface area contributed by atoms with Crippen LogP contribution in [0.5, 0.6) is 11.5 Å². The molecule has 2 heterocycles. The molecule has 1 aromatic heterocycles. The molecule has 30 heavy (non-hydrogen) atoms. The monoisotopic (exact) mass is 425 g/mol. The fourth-order valence-electron chi connectivity index (χ4n) is 3.43. The smallest absolute Gasteiger partial charge is 0.300 e. The SMILES string of the molecule is COc1ccc(/C(O)=C2/C(=O)C(=O)N(c3ccccc3O)C2c2ccco2)cc1Cl. The highest BCUT2D eigenvalue weighted by atomic mass is 35.5. The Labute approximate surface area is 176 Å². The molecule has 0 radical (unpaired) electrons. The first-order valence-corrected chi connectivity index (χ1v) is 9.28. The molecular weight excluding hydrogens is 410 g/mol. The number of anilines is 1. The highest BCUT2D eigenvalue weighted by molar-refractivity contribution is 6.51. The van der Waals surface area contributed by atoms with Crippen LogP contribution in [0.3, 0.4) is 0 Å². The van der Waals surface area contributed by atoms with E-state index < -0.39 is 23.5 Å². The van der Waals surface area contributed by atoms with Crippen LogP contribution < -0.4 is 9.64 Å². The Morgan fingerprint density at radius 3 is 2.53 bits per heavy atom. The van der Waals surface area contributed by atoms with E-state index in [1.54, 1.807) is 30.3 Å². The molecule has 1 amide bonds. The number of nitrogens with zero attached hydrogens (tertiary/aromatic N) is 1. The van der Waals surface area contributed by atoms with E-state index in [4.69, 9.17) is 20.8 Å². The Morgan fingerprint density at radius 1 is 1.13 bits per heavy atom. The van der Waals surface area contributed by atoms with Crippen LogP contribution in [0.2, 0.25) is 5.02 Å². The van der Waals surface area contributed by atoms with Gasteiger partial charge in [-0.2, -0.15) is 0 Å². The van der Waals surface area contributed by atoms with Crippen LogP contribution in [0.1, 0.15) is 17.4 Å². The van der Waals surface area contributed by atoms with Gasteiger partial charge >= 0.3 is 0 Å². The summed E-state index contributed by atoms with van der Waals surface area (Å²) in [6.07, 6.45) is 1.39. The molecular formula is C22H16ClNO6. The molecule has 1 aliphatic heterocycles. The van der Waals surface area contributed by atoms with Gasteiger partial charge in [0.15, 0.2) is 0 Å². The maximum absolute atomic E-state index is 12.9. The van der Waals surface area contributed by atoms with Gasteiger partial charge in [0.1, 0.15) is 29.1 Å². The molecule has 0 aliphatic carbocycles. The van der Waals surface area contributed by atoms with Crippen molar-refractivity contribution in [3.05, 3.63) is 82.8 Å². The second-order valence-electron chi connectivity index (χ2n) is 6.52. The number of aliphatic hydroxyl groups is 1. The highest BCUT2D eigenvalue weighted by Crippen LogP contribution is 2.45. The van der Waals surface area contributed by atoms with E-state index >= 15 is 0 Å². The zero-order chi connectivity index (χ0) is 21.4. The predicted octanol–water partition coefficient (Wildman–Crippen LogP) is 4.27. The summed E-state index contributed by atoms with van der Waals surface area (Å²) in [5.74, 6) is -1.78. The van der Waals surface area contributed by atoms with Crippen molar-refractivity contribution in [2.45, 2.75) is 6.04 Å². The van der Waals surface area contributed by atoms with E-state index in [0.717, 1.165) is 4.90 Å². The summed E-state index contributed by atoms with van der Waals surface area (Å²) < 4.78 is 10.6. The second-order valence-corrected chi connectivity index (χ2v) is 6.93. The van der Waals surface area contributed by atoms with E-state index in [-0.39, 0.29) is 33.4 Å². The number of furan rings is 1. The third-order valence-corrected chi connectivity index (χ3v) is 5.12. The molecule has 1 unspecified atom stereocenters. The van der Waals surface area contributed by atoms with Gasteiger partial charge in [-0.25, -0.2) is 0 Å². The van der Waals surface area contributed by atoms with Crippen molar-refractivity contribution < 1.29 is 29.0 Å². The fourth-order valence-corrected chi connectivity index (χ4v) is 3.69. The van der Waals surface area contributed by atoms with Crippen LogP contribution >= 0.6 is 11.6 Å². The first-order chi connectivity index (χ1) is 14.4. The number of ketones is 1. The predicted molar refractivity (Wildman–Crippen MR) is 110 cm³/mol. The molecule has 152 valence electrons. The molecule has 1 atom stereocenters. The Morgan fingerprint density at radius 2 is 1.90 bits per heavy atom. The van der Waals surface area contributed by atoms with Crippen LogP contribution in [-0.4, -0.2) is 29.0 Å². The Kier molecular flexibility index (Phi) is 4.97. The minimum atomic E-state index is -1.07. The molecule has 0 spiro atoms. The molecule has 1 saturated heterocycles. The van der Waals surface area contributed by atoms with Gasteiger partial charge in [-0.3, -0.25) is 14.5 Å². The number of carbonyl (C=O) groups excluding carboxylic acids is 2. The van der Waals surface area contributed by atoms with E-state index in [1.807, 2.05) is 0 Å². The summed E-state index contributed by atoms with van der Waals surface area (Å²) in [6, 6.07) is 12.7. The number of methoxy groups -OCH3 is 1. The molecule has 4 rings (SSSR count). The van der Waals surface area contributed by atoms with Gasteiger partial charge in [0.2, 0.25) is 0 Å². The van der Waals surface area contributed by atoms with Crippen LogP contribution in [-0.2, 0) is 9.59 Å². The van der Waals surface area contributed by atoms with Crippen molar-refractivity contribution in [1.82, 2.24) is 0 Å². The van der Waals surface area contributed by atoms with Crippen molar-refractivity contribution in [1.29, 1.82) is 0 Å². The first-order valence-electron chi connectivity index (χ1n) is 8.90. The average molecular weight is 426 g/mol. The second kappa shape index (κ2) is 7.61. The molecule has 0 saturated carbocycles. The number of carbonyl (C=O) groups is 2. The van der Waals surface area contributed by atoms with Gasteiger partial charge in [-0.05, 0) is 42.5 Å². The van der Waals surface area contributed by atoms with Crippen molar-refractivity contribution in [3.8, 4) is 11.5 Å². The Hall–Kier alpha value is -3.71. The van der Waals surface area contributed by atoms with Crippen LogP contribution in [0.15, 0.2) is 70.9 Å². The topological polar surface area (TPSA) is 100 Å². The first kappa shape index (κ1) is 19.6. The number of halogens is 1. The lowest BCUT2D eigenvalue weighted by Gasteiger charge is -2.24. The number of aromatic hydroxyl groups is 1. The number of hydrogen-bond acceptors (Lipinski definition) is 6. The highest BCUT2D eigenvalue weighted by Gasteiger charge is 2.49. The molecule has 1 aliphatic rings. The number of Topliss-reactive ketones (excluding diaryl/α,β-unsaturated/α-hetero) is 1. The maximum atomic E-state index is 12.9. The molecule has 3 aromatic rings. The number of amides is 1. The van der Waals surface area contributed by atoms with Gasteiger partial charge in [0.05, 0.1) is 29.7 Å². The van der Waals surface area contributed by atoms with Crippen molar-refractivity contribution >= 4 is 34.7 Å². The number of benzene rings is 2. The van der Waals surface area contributed by atoms with Crippen LogP contribution in [0.25, 0.3) is 5.76 Å². The lowest BCUT2D eigenvalue weighted by molar-refractivity contribution is -0.132.